The lowest BCUT2D eigenvalue weighted by Gasteiger charge is -2.38. The predicted octanol–water partition coefficient (Wildman–Crippen LogP) is 7.38. The molecule has 172 valence electrons. The van der Waals surface area contributed by atoms with Crippen LogP contribution in [0.15, 0.2) is 48.2 Å². The summed E-state index contributed by atoms with van der Waals surface area (Å²) < 4.78 is 0. The number of hydroxylamine groups is 1. The summed E-state index contributed by atoms with van der Waals surface area (Å²) in [5, 5.41) is 11.9. The van der Waals surface area contributed by atoms with Crippen LogP contribution in [-0.4, -0.2) is 11.2 Å². The van der Waals surface area contributed by atoms with Gasteiger partial charge in [0.1, 0.15) is 11.8 Å². The standard InChI is InChI=1S/C29H39NO2/c1-9-25-21(6)13-20(5)15-27(25)29-17-24(12-18(2)3)26-14-19(4)10-11-28(26)30(29)32-23(8)16-22(7)31/h10-11,13-18,22,29,31H,9,12H2,1-8H3/b23-16-. The van der Waals surface area contributed by atoms with E-state index in [2.05, 4.69) is 78.0 Å². The second-order valence-corrected chi connectivity index (χ2v) is 9.69. The monoisotopic (exact) mass is 433 g/mol. The number of allylic oxidation sites excluding steroid dienone is 2. The third-order valence-corrected chi connectivity index (χ3v) is 6.02. The number of aryl methyl sites for hydroxylation is 3. The Morgan fingerprint density at radius 2 is 1.81 bits per heavy atom. The zero-order valence-electron chi connectivity index (χ0n) is 21.0. The molecule has 0 amide bonds. The number of aliphatic hydroxyl groups excluding tert-OH is 1. The lowest BCUT2D eigenvalue weighted by Crippen LogP contribution is -2.32. The van der Waals surface area contributed by atoms with Crippen LogP contribution in [0.4, 0.5) is 5.69 Å². The van der Waals surface area contributed by atoms with Crippen molar-refractivity contribution in [2.45, 2.75) is 80.4 Å². The van der Waals surface area contributed by atoms with Crippen LogP contribution in [0.25, 0.3) is 5.57 Å². The van der Waals surface area contributed by atoms with Gasteiger partial charge in [-0.25, -0.2) is 0 Å². The molecule has 0 aromatic heterocycles. The highest BCUT2D eigenvalue weighted by Crippen LogP contribution is 2.45. The second-order valence-electron chi connectivity index (χ2n) is 9.69. The van der Waals surface area contributed by atoms with Crippen LogP contribution in [-0.2, 0) is 11.3 Å². The van der Waals surface area contributed by atoms with Crippen LogP contribution in [0.3, 0.4) is 0 Å². The molecule has 2 atom stereocenters. The molecule has 0 bridgehead atoms. The largest absolute Gasteiger partial charge is 0.389 e. The molecular formula is C29H39NO2. The molecule has 0 fully saturated rings. The van der Waals surface area contributed by atoms with E-state index in [9.17, 15) is 5.11 Å². The molecule has 1 N–H and O–H groups in total. The summed E-state index contributed by atoms with van der Waals surface area (Å²) in [7, 11) is 0. The third kappa shape index (κ3) is 5.27. The molecule has 1 aliphatic heterocycles. The summed E-state index contributed by atoms with van der Waals surface area (Å²) >= 11 is 0. The smallest absolute Gasteiger partial charge is 0.127 e. The first-order valence-corrected chi connectivity index (χ1v) is 11.9. The van der Waals surface area contributed by atoms with E-state index < -0.39 is 6.10 Å². The molecule has 1 aliphatic rings. The van der Waals surface area contributed by atoms with Crippen molar-refractivity contribution < 1.29 is 9.94 Å². The van der Waals surface area contributed by atoms with Gasteiger partial charge in [-0.1, -0.05) is 56.2 Å². The number of hydrogen-bond donors (Lipinski definition) is 1. The summed E-state index contributed by atoms with van der Waals surface area (Å²) in [6.07, 6.45) is 5.58. The Morgan fingerprint density at radius 3 is 2.44 bits per heavy atom. The van der Waals surface area contributed by atoms with Crippen LogP contribution in [0.1, 0.15) is 80.5 Å². The molecule has 2 aromatic carbocycles. The molecule has 0 saturated heterocycles. The van der Waals surface area contributed by atoms with Gasteiger partial charge in [0.05, 0.1) is 11.8 Å². The summed E-state index contributed by atoms with van der Waals surface area (Å²) in [6, 6.07) is 11.1. The average molecular weight is 434 g/mol. The quantitative estimate of drug-likeness (QED) is 0.462. The number of nitrogens with zero attached hydrogens (tertiary/aromatic N) is 1. The fraction of sp³-hybridized carbons (Fsp3) is 0.448. The minimum atomic E-state index is -0.560. The van der Waals surface area contributed by atoms with Gasteiger partial charge in [-0.15, -0.1) is 0 Å². The molecule has 3 heteroatoms. The van der Waals surface area contributed by atoms with Gasteiger partial charge >= 0.3 is 0 Å². The van der Waals surface area contributed by atoms with E-state index in [1.54, 1.807) is 13.0 Å². The fourth-order valence-corrected chi connectivity index (χ4v) is 4.84. The summed E-state index contributed by atoms with van der Waals surface area (Å²) in [6.45, 7) is 16.9. The second kappa shape index (κ2) is 9.95. The average Bonchev–Trinajstić information content (AvgIpc) is 2.68. The van der Waals surface area contributed by atoms with Crippen LogP contribution in [0, 0.1) is 26.7 Å². The van der Waals surface area contributed by atoms with Crippen LogP contribution in [0.5, 0.6) is 0 Å². The van der Waals surface area contributed by atoms with Crippen molar-refractivity contribution in [1.82, 2.24) is 0 Å². The Bertz CT molecular complexity index is 1030. The highest BCUT2D eigenvalue weighted by atomic mass is 16.7. The topological polar surface area (TPSA) is 32.7 Å². The molecular weight excluding hydrogens is 394 g/mol. The van der Waals surface area contributed by atoms with E-state index in [1.807, 2.05) is 12.0 Å². The fourth-order valence-electron chi connectivity index (χ4n) is 4.84. The minimum Gasteiger partial charge on any atom is -0.389 e. The number of hydrogen-bond acceptors (Lipinski definition) is 3. The number of aliphatic hydroxyl groups is 1. The molecule has 0 aliphatic carbocycles. The number of benzene rings is 2. The van der Waals surface area contributed by atoms with Gasteiger partial charge in [-0.05, 0) is 93.9 Å². The van der Waals surface area contributed by atoms with E-state index in [0.29, 0.717) is 11.7 Å². The van der Waals surface area contributed by atoms with Crippen molar-refractivity contribution in [2.75, 3.05) is 5.06 Å². The van der Waals surface area contributed by atoms with Crippen molar-refractivity contribution in [1.29, 1.82) is 0 Å². The zero-order valence-corrected chi connectivity index (χ0v) is 21.0. The lowest BCUT2D eigenvalue weighted by molar-refractivity contribution is 0.155. The molecule has 2 unspecified atom stereocenters. The first kappa shape index (κ1) is 24.1. The van der Waals surface area contributed by atoms with Crippen LogP contribution in [0.2, 0.25) is 0 Å². The Labute approximate surface area is 194 Å². The minimum absolute atomic E-state index is 0.0372. The zero-order chi connectivity index (χ0) is 23.6. The van der Waals surface area contributed by atoms with E-state index in [-0.39, 0.29) is 6.04 Å². The summed E-state index contributed by atoms with van der Waals surface area (Å²) in [5.41, 5.74) is 10.2. The molecule has 1 heterocycles. The summed E-state index contributed by atoms with van der Waals surface area (Å²) in [4.78, 5) is 6.46. The molecule has 0 spiro atoms. The Balaban J connectivity index is 2.25. The SMILES string of the molecule is CCc1c(C)cc(C)cc1C1C=C(CC(C)C)c2cc(C)ccc2N1O/C(C)=C\C(C)O. The van der Waals surface area contributed by atoms with Crippen molar-refractivity contribution in [2.24, 2.45) is 5.92 Å². The van der Waals surface area contributed by atoms with Crippen molar-refractivity contribution in [3.05, 3.63) is 81.6 Å². The maximum Gasteiger partial charge on any atom is 0.127 e. The van der Waals surface area contributed by atoms with Gasteiger partial charge in [0.15, 0.2) is 0 Å². The Hall–Kier alpha value is -2.52. The maximum atomic E-state index is 9.88. The van der Waals surface area contributed by atoms with E-state index >= 15 is 0 Å². The van der Waals surface area contributed by atoms with E-state index in [1.165, 1.54) is 39.0 Å². The first-order chi connectivity index (χ1) is 15.1. The predicted molar refractivity (Wildman–Crippen MR) is 136 cm³/mol. The molecule has 0 saturated carbocycles. The van der Waals surface area contributed by atoms with Gasteiger partial charge in [0.2, 0.25) is 0 Å². The van der Waals surface area contributed by atoms with Gasteiger partial charge in [0, 0.05) is 5.56 Å². The molecule has 3 rings (SSSR count). The lowest BCUT2D eigenvalue weighted by atomic mass is 9.85. The van der Waals surface area contributed by atoms with E-state index in [0.717, 1.165) is 18.5 Å². The molecule has 2 aromatic rings. The molecule has 3 nitrogen and oxygen atoms in total. The van der Waals surface area contributed by atoms with Crippen molar-refractivity contribution in [3.8, 4) is 0 Å². The maximum absolute atomic E-state index is 9.88. The van der Waals surface area contributed by atoms with Gasteiger partial charge in [-0.2, -0.15) is 5.06 Å². The number of fused-ring (bicyclic) bond motifs is 1. The normalized spacial score (nSPS) is 17.3. The number of anilines is 1. The van der Waals surface area contributed by atoms with Crippen LogP contribution < -0.4 is 5.06 Å². The Kier molecular flexibility index (Phi) is 7.51. The first-order valence-electron chi connectivity index (χ1n) is 11.9. The highest BCUT2D eigenvalue weighted by Gasteiger charge is 2.31. The van der Waals surface area contributed by atoms with E-state index in [4.69, 9.17) is 4.84 Å². The molecule has 0 radical (unpaired) electrons. The molecule has 32 heavy (non-hydrogen) atoms. The van der Waals surface area contributed by atoms with Gasteiger partial charge < -0.3 is 9.94 Å². The van der Waals surface area contributed by atoms with Crippen LogP contribution >= 0.6 is 0 Å². The van der Waals surface area contributed by atoms with Crippen molar-refractivity contribution in [3.63, 3.8) is 0 Å². The summed E-state index contributed by atoms with van der Waals surface area (Å²) in [5.74, 6) is 1.25. The number of rotatable bonds is 7. The van der Waals surface area contributed by atoms with Crippen molar-refractivity contribution >= 4 is 11.3 Å². The van der Waals surface area contributed by atoms with Gasteiger partial charge in [-0.3, -0.25) is 0 Å². The Morgan fingerprint density at radius 1 is 1.09 bits per heavy atom. The van der Waals surface area contributed by atoms with Gasteiger partial charge in [0.25, 0.3) is 0 Å². The highest BCUT2D eigenvalue weighted by molar-refractivity contribution is 5.81. The third-order valence-electron chi connectivity index (χ3n) is 6.02.